The summed E-state index contributed by atoms with van der Waals surface area (Å²) in [6.45, 7) is 4.67. The van der Waals surface area contributed by atoms with E-state index in [1.54, 1.807) is 11.8 Å². The van der Waals surface area contributed by atoms with Gasteiger partial charge >= 0.3 is 0 Å². The summed E-state index contributed by atoms with van der Waals surface area (Å²) in [5, 5.41) is 21.3. The summed E-state index contributed by atoms with van der Waals surface area (Å²) in [7, 11) is 0. The maximum Gasteiger partial charge on any atom is 0.140 e. The highest BCUT2D eigenvalue weighted by Crippen LogP contribution is 2.24. The fourth-order valence-electron chi connectivity index (χ4n) is 2.46. The lowest BCUT2D eigenvalue weighted by molar-refractivity contribution is -0.111. The van der Waals surface area contributed by atoms with E-state index in [1.165, 1.54) is 0 Å². The molecule has 1 rings (SSSR count). The van der Waals surface area contributed by atoms with E-state index >= 15 is 0 Å². The predicted octanol–water partition coefficient (Wildman–Crippen LogP) is -0.763. The number of thioether (sulfide) groups is 1. The van der Waals surface area contributed by atoms with Crippen LogP contribution < -0.4 is 10.8 Å². The van der Waals surface area contributed by atoms with Gasteiger partial charge in [-0.15, -0.1) is 0 Å². The molecule has 4 N–H and O–H groups in total. The molecule has 3 unspecified atom stereocenters. The van der Waals surface area contributed by atoms with E-state index in [1.807, 2.05) is 5.48 Å². The molecule has 0 aliphatic carbocycles. The second kappa shape index (κ2) is 13.4. The van der Waals surface area contributed by atoms with E-state index in [9.17, 15) is 4.79 Å². The molecular formula is C14H29N3O4S2. The molecule has 0 aromatic heterocycles. The van der Waals surface area contributed by atoms with Crippen LogP contribution in [0.25, 0.3) is 0 Å². The molecule has 23 heavy (non-hydrogen) atoms. The van der Waals surface area contributed by atoms with Crippen molar-refractivity contribution in [3.63, 3.8) is 0 Å². The van der Waals surface area contributed by atoms with E-state index in [4.69, 9.17) is 15.1 Å². The molecule has 9 heteroatoms. The zero-order chi connectivity index (χ0) is 16.9. The van der Waals surface area contributed by atoms with Crippen LogP contribution >= 0.6 is 24.4 Å². The van der Waals surface area contributed by atoms with E-state index in [0.717, 1.165) is 44.6 Å². The Morgan fingerprint density at radius 2 is 2.30 bits per heavy atom. The van der Waals surface area contributed by atoms with Crippen LogP contribution in [-0.2, 0) is 9.53 Å². The number of hydroxylamine groups is 1. The normalized spacial score (nSPS) is 21.4. The highest BCUT2D eigenvalue weighted by molar-refractivity contribution is 8.00. The van der Waals surface area contributed by atoms with Gasteiger partial charge in [0.25, 0.3) is 0 Å². The average Bonchev–Trinajstić information content (AvgIpc) is 3.04. The minimum Gasteiger partial charge on any atom is -0.394 e. The Balaban J connectivity index is 2.19. The lowest BCUT2D eigenvalue weighted by atomic mass is 10.3. The summed E-state index contributed by atoms with van der Waals surface area (Å²) < 4.78 is 5.21. The monoisotopic (exact) mass is 367 g/mol. The number of nitrogens with zero attached hydrogens (tertiary/aromatic N) is 1. The summed E-state index contributed by atoms with van der Waals surface area (Å²) >= 11 is 6.18. The smallest absolute Gasteiger partial charge is 0.140 e. The molecule has 0 saturated carbocycles. The van der Waals surface area contributed by atoms with E-state index in [0.29, 0.717) is 30.3 Å². The lowest BCUT2D eigenvalue weighted by Gasteiger charge is -2.27. The van der Waals surface area contributed by atoms with E-state index in [2.05, 4.69) is 22.8 Å². The fourth-order valence-corrected chi connectivity index (χ4v) is 4.02. The molecule has 0 radical (unpaired) electrons. The Morgan fingerprint density at radius 1 is 1.48 bits per heavy atom. The highest BCUT2D eigenvalue weighted by Gasteiger charge is 2.28. The van der Waals surface area contributed by atoms with Crippen molar-refractivity contribution in [3.8, 4) is 0 Å². The van der Waals surface area contributed by atoms with Gasteiger partial charge in [0, 0.05) is 42.4 Å². The van der Waals surface area contributed by atoms with Gasteiger partial charge in [-0.05, 0) is 13.0 Å². The summed E-state index contributed by atoms with van der Waals surface area (Å²) in [6.07, 6.45) is 1.82. The van der Waals surface area contributed by atoms with Gasteiger partial charge in [0.1, 0.15) is 6.29 Å². The molecule has 1 fully saturated rings. The molecule has 0 amide bonds. The number of carbonyl (C=O) groups is 1. The quantitative estimate of drug-likeness (QED) is 0.118. The first kappa shape index (κ1) is 21.2. The Bertz CT molecular complexity index is 316. The van der Waals surface area contributed by atoms with Crippen LogP contribution in [0, 0.1) is 0 Å². The topological polar surface area (TPSA) is 94.1 Å². The maximum absolute atomic E-state index is 10.7. The Labute approximate surface area is 147 Å². The molecule has 7 nitrogen and oxygen atoms in total. The van der Waals surface area contributed by atoms with Crippen LogP contribution in [0.5, 0.6) is 0 Å². The predicted molar refractivity (Wildman–Crippen MR) is 95.6 cm³/mol. The summed E-state index contributed by atoms with van der Waals surface area (Å²) in [5.74, 6) is 1.38. The largest absolute Gasteiger partial charge is 0.394 e. The Kier molecular flexibility index (Phi) is 12.4. The number of likely N-dealkylation sites (tertiary alicyclic amines) is 1. The van der Waals surface area contributed by atoms with Crippen molar-refractivity contribution in [2.45, 2.75) is 23.8 Å². The summed E-state index contributed by atoms with van der Waals surface area (Å²) in [6, 6.07) is -0.116. The SMILES string of the molecule is O=CC(CSC1CCN(C(CS)CNCCOCCO)C1)NO. The number of carbonyl (C=O) groups excluding carboxylic acids is 1. The van der Waals surface area contributed by atoms with Gasteiger partial charge in [0.15, 0.2) is 0 Å². The van der Waals surface area contributed by atoms with Crippen molar-refractivity contribution < 1.29 is 19.8 Å². The molecule has 1 aliphatic heterocycles. The minimum absolute atomic E-state index is 0.0584. The number of hydrogen-bond acceptors (Lipinski definition) is 9. The Morgan fingerprint density at radius 3 is 2.96 bits per heavy atom. The number of rotatable bonds is 14. The van der Waals surface area contributed by atoms with Crippen LogP contribution in [0.4, 0.5) is 0 Å². The van der Waals surface area contributed by atoms with Crippen LogP contribution in [0.3, 0.4) is 0 Å². The van der Waals surface area contributed by atoms with Gasteiger partial charge in [-0.2, -0.15) is 29.9 Å². The summed E-state index contributed by atoms with van der Waals surface area (Å²) in [5.41, 5.74) is 2.02. The number of aliphatic hydroxyl groups is 1. The fraction of sp³-hybridized carbons (Fsp3) is 0.929. The third-order valence-corrected chi connectivity index (χ3v) is 5.61. The van der Waals surface area contributed by atoms with Gasteiger partial charge in [-0.25, -0.2) is 0 Å². The second-order valence-corrected chi connectivity index (χ2v) is 7.19. The van der Waals surface area contributed by atoms with Crippen LogP contribution in [0.2, 0.25) is 0 Å². The number of nitrogens with one attached hydrogen (secondary N) is 2. The molecule has 0 aromatic carbocycles. The number of thiol groups is 1. The van der Waals surface area contributed by atoms with E-state index in [-0.39, 0.29) is 6.61 Å². The van der Waals surface area contributed by atoms with Gasteiger partial charge in [0.2, 0.25) is 0 Å². The average molecular weight is 368 g/mol. The maximum atomic E-state index is 10.7. The van der Waals surface area contributed by atoms with Crippen molar-refractivity contribution in [3.05, 3.63) is 0 Å². The van der Waals surface area contributed by atoms with Crippen LogP contribution in [0.15, 0.2) is 0 Å². The Hall–Kier alpha value is 0.130. The third kappa shape index (κ3) is 8.69. The van der Waals surface area contributed by atoms with Gasteiger partial charge in [0.05, 0.1) is 25.9 Å². The number of ether oxygens (including phenoxy) is 1. The van der Waals surface area contributed by atoms with Crippen molar-refractivity contribution in [1.82, 2.24) is 15.7 Å². The third-order valence-electron chi connectivity index (χ3n) is 3.78. The first-order valence-corrected chi connectivity index (χ1v) is 9.64. The first-order chi connectivity index (χ1) is 11.2. The first-order valence-electron chi connectivity index (χ1n) is 7.95. The van der Waals surface area contributed by atoms with Crippen LogP contribution in [0.1, 0.15) is 6.42 Å². The van der Waals surface area contributed by atoms with Gasteiger partial charge < -0.3 is 25.2 Å². The van der Waals surface area contributed by atoms with Crippen molar-refractivity contribution >= 4 is 30.7 Å². The molecule has 1 heterocycles. The van der Waals surface area contributed by atoms with Crippen molar-refractivity contribution in [2.75, 3.05) is 57.5 Å². The number of aliphatic hydroxyl groups excluding tert-OH is 1. The molecule has 1 aliphatic rings. The highest BCUT2D eigenvalue weighted by atomic mass is 32.2. The van der Waals surface area contributed by atoms with E-state index < -0.39 is 6.04 Å². The molecule has 136 valence electrons. The lowest BCUT2D eigenvalue weighted by Crippen LogP contribution is -2.43. The molecule has 0 aromatic rings. The molecule has 3 atom stereocenters. The molecule has 1 saturated heterocycles. The van der Waals surface area contributed by atoms with Crippen molar-refractivity contribution in [2.24, 2.45) is 0 Å². The van der Waals surface area contributed by atoms with Gasteiger partial charge in [-0.1, -0.05) is 0 Å². The number of hydrogen-bond donors (Lipinski definition) is 5. The molecular weight excluding hydrogens is 338 g/mol. The van der Waals surface area contributed by atoms with Crippen molar-refractivity contribution in [1.29, 1.82) is 0 Å². The molecule has 0 spiro atoms. The minimum atomic E-state index is -0.490. The standard InChI is InChI=1S/C14H29N3O4S2/c18-4-6-21-5-2-15-7-13(10-22)17-3-1-14(8-17)23-11-12(9-19)16-20/h9,12-16,18,20,22H,1-8,10-11H2. The van der Waals surface area contributed by atoms with Crippen LogP contribution in [-0.4, -0.2) is 96.3 Å². The molecule has 0 bridgehead atoms. The summed E-state index contributed by atoms with van der Waals surface area (Å²) in [4.78, 5) is 13.1. The zero-order valence-electron chi connectivity index (χ0n) is 13.4. The second-order valence-electron chi connectivity index (χ2n) is 5.49. The number of aldehydes is 1. The zero-order valence-corrected chi connectivity index (χ0v) is 15.1. The van der Waals surface area contributed by atoms with Gasteiger partial charge in [-0.3, -0.25) is 4.90 Å².